The van der Waals surface area contributed by atoms with Gasteiger partial charge in [-0.15, -0.1) is 11.6 Å². The Bertz CT molecular complexity index is 139. The number of hydrogen-bond acceptors (Lipinski definition) is 2. The summed E-state index contributed by atoms with van der Waals surface area (Å²) in [6, 6.07) is 0.754. The lowest BCUT2D eigenvalue weighted by Crippen LogP contribution is -2.51. The zero-order valence-electron chi connectivity index (χ0n) is 8.80. The van der Waals surface area contributed by atoms with Crippen LogP contribution >= 0.6 is 11.6 Å². The van der Waals surface area contributed by atoms with Crippen molar-refractivity contribution in [2.24, 2.45) is 0 Å². The van der Waals surface area contributed by atoms with Gasteiger partial charge in [-0.2, -0.15) is 0 Å². The maximum Gasteiger partial charge on any atom is 0.0235 e. The molecule has 0 aromatic heterocycles. The third-order valence-corrected chi connectivity index (χ3v) is 3.21. The maximum absolute atomic E-state index is 5.68. The molecule has 0 N–H and O–H groups in total. The topological polar surface area (TPSA) is 6.48 Å². The molecule has 0 bridgehead atoms. The van der Waals surface area contributed by atoms with Crippen molar-refractivity contribution >= 4 is 11.6 Å². The third kappa shape index (κ3) is 3.45. The number of rotatable bonds is 4. The van der Waals surface area contributed by atoms with Crippen LogP contribution in [0.3, 0.4) is 0 Å². The summed E-state index contributed by atoms with van der Waals surface area (Å²) in [6.45, 7) is 7.09. The van der Waals surface area contributed by atoms with Crippen LogP contribution in [-0.4, -0.2) is 54.9 Å². The molecule has 1 atom stereocenters. The van der Waals surface area contributed by atoms with E-state index in [9.17, 15) is 0 Å². The molecule has 0 amide bonds. The number of alkyl halides is 1. The predicted octanol–water partition coefficient (Wildman–Crippen LogP) is 1.64. The van der Waals surface area contributed by atoms with Crippen molar-refractivity contribution in [3.05, 3.63) is 0 Å². The Balaban J connectivity index is 2.27. The highest BCUT2D eigenvalue weighted by molar-refractivity contribution is 6.17. The molecule has 13 heavy (non-hydrogen) atoms. The second-order valence-corrected chi connectivity index (χ2v) is 4.26. The lowest BCUT2D eigenvalue weighted by molar-refractivity contribution is 0.0936. The molecule has 0 aromatic carbocycles. The summed E-state index contributed by atoms with van der Waals surface area (Å²) in [6.07, 6.45) is 2.38. The Kier molecular flexibility index (Phi) is 5.07. The fourth-order valence-corrected chi connectivity index (χ4v) is 2.06. The molecule has 0 saturated carbocycles. The fourth-order valence-electron chi connectivity index (χ4n) is 1.94. The zero-order valence-corrected chi connectivity index (χ0v) is 9.56. The Hall–Kier alpha value is 0.210. The molecule has 1 aliphatic heterocycles. The van der Waals surface area contributed by atoms with Crippen LogP contribution in [0.4, 0.5) is 0 Å². The van der Waals surface area contributed by atoms with Crippen LogP contribution in [0.5, 0.6) is 0 Å². The van der Waals surface area contributed by atoms with E-state index in [1.54, 1.807) is 0 Å². The Morgan fingerprint density at radius 3 is 2.77 bits per heavy atom. The highest BCUT2D eigenvalue weighted by Crippen LogP contribution is 2.10. The molecular weight excluding hydrogens is 184 g/mol. The van der Waals surface area contributed by atoms with Crippen LogP contribution in [0.1, 0.15) is 19.8 Å². The Morgan fingerprint density at radius 1 is 1.38 bits per heavy atom. The summed E-state index contributed by atoms with van der Waals surface area (Å²) in [5, 5.41) is 0. The number of hydrogen-bond donors (Lipinski definition) is 0. The average Bonchev–Trinajstić information content (AvgIpc) is 2.16. The van der Waals surface area contributed by atoms with Gasteiger partial charge in [0.1, 0.15) is 0 Å². The maximum atomic E-state index is 5.68. The molecule has 1 fully saturated rings. The van der Waals surface area contributed by atoms with Crippen molar-refractivity contribution in [2.45, 2.75) is 25.8 Å². The first-order valence-electron chi connectivity index (χ1n) is 5.26. The van der Waals surface area contributed by atoms with Gasteiger partial charge in [-0.3, -0.25) is 0 Å². The zero-order chi connectivity index (χ0) is 9.68. The summed E-state index contributed by atoms with van der Waals surface area (Å²) in [5.41, 5.74) is 0. The monoisotopic (exact) mass is 204 g/mol. The normalized spacial score (nSPS) is 26.5. The van der Waals surface area contributed by atoms with Gasteiger partial charge in [-0.25, -0.2) is 0 Å². The molecule has 0 spiro atoms. The molecule has 78 valence electrons. The quantitative estimate of drug-likeness (QED) is 0.643. The molecule has 0 aliphatic carbocycles. The Morgan fingerprint density at radius 2 is 2.15 bits per heavy atom. The number of piperazine rings is 1. The van der Waals surface area contributed by atoms with Gasteiger partial charge in [0.15, 0.2) is 0 Å². The van der Waals surface area contributed by atoms with E-state index in [1.807, 2.05) is 0 Å². The average molecular weight is 205 g/mol. The van der Waals surface area contributed by atoms with E-state index in [1.165, 1.54) is 32.6 Å². The molecule has 2 nitrogen and oxygen atoms in total. The van der Waals surface area contributed by atoms with Crippen LogP contribution in [0, 0.1) is 0 Å². The van der Waals surface area contributed by atoms with Crippen molar-refractivity contribution in [2.75, 3.05) is 39.1 Å². The molecule has 0 aromatic rings. The minimum Gasteiger partial charge on any atom is -0.301 e. The van der Waals surface area contributed by atoms with Crippen molar-refractivity contribution in [3.8, 4) is 0 Å². The highest BCUT2D eigenvalue weighted by Gasteiger charge is 2.21. The molecule has 1 rings (SSSR count). The van der Waals surface area contributed by atoms with Crippen molar-refractivity contribution < 1.29 is 0 Å². The van der Waals surface area contributed by atoms with E-state index in [2.05, 4.69) is 23.8 Å². The smallest absolute Gasteiger partial charge is 0.0235 e. The van der Waals surface area contributed by atoms with Crippen molar-refractivity contribution in [1.29, 1.82) is 0 Å². The van der Waals surface area contributed by atoms with E-state index < -0.39 is 0 Å². The standard InChI is InChI=1S/C10H21ClN2/c1-3-10-9-13(6-4-5-11)8-7-12(10)2/h10H,3-9H2,1-2H3. The lowest BCUT2D eigenvalue weighted by atomic mass is 10.1. The van der Waals surface area contributed by atoms with E-state index in [4.69, 9.17) is 11.6 Å². The van der Waals surface area contributed by atoms with E-state index in [0.29, 0.717) is 0 Å². The lowest BCUT2D eigenvalue weighted by Gasteiger charge is -2.39. The predicted molar refractivity (Wildman–Crippen MR) is 58.5 cm³/mol. The van der Waals surface area contributed by atoms with Gasteiger partial charge in [0, 0.05) is 31.6 Å². The number of nitrogens with zero attached hydrogens (tertiary/aromatic N) is 2. The van der Waals surface area contributed by atoms with Crippen LogP contribution in [0.15, 0.2) is 0 Å². The van der Waals surface area contributed by atoms with Gasteiger partial charge in [0.25, 0.3) is 0 Å². The Labute approximate surface area is 86.8 Å². The summed E-state index contributed by atoms with van der Waals surface area (Å²) in [4.78, 5) is 5.01. The third-order valence-electron chi connectivity index (χ3n) is 2.94. The summed E-state index contributed by atoms with van der Waals surface area (Å²) >= 11 is 5.68. The van der Waals surface area contributed by atoms with Crippen LogP contribution in [-0.2, 0) is 0 Å². The summed E-state index contributed by atoms with van der Waals surface area (Å²) < 4.78 is 0. The van der Waals surface area contributed by atoms with E-state index in [0.717, 1.165) is 18.3 Å². The molecule has 1 unspecified atom stereocenters. The fraction of sp³-hybridized carbons (Fsp3) is 1.00. The van der Waals surface area contributed by atoms with Gasteiger partial charge in [-0.05, 0) is 26.4 Å². The molecule has 0 radical (unpaired) electrons. The second-order valence-electron chi connectivity index (χ2n) is 3.89. The molecule has 1 saturated heterocycles. The molecule has 1 aliphatic rings. The van der Waals surface area contributed by atoms with Crippen molar-refractivity contribution in [3.63, 3.8) is 0 Å². The second kappa shape index (κ2) is 5.84. The van der Waals surface area contributed by atoms with Gasteiger partial charge >= 0.3 is 0 Å². The minimum absolute atomic E-state index is 0.754. The van der Waals surface area contributed by atoms with Crippen LogP contribution in [0.25, 0.3) is 0 Å². The number of likely N-dealkylation sites (N-methyl/N-ethyl adjacent to an activating group) is 1. The van der Waals surface area contributed by atoms with E-state index in [-0.39, 0.29) is 0 Å². The van der Waals surface area contributed by atoms with E-state index >= 15 is 0 Å². The highest BCUT2D eigenvalue weighted by atomic mass is 35.5. The number of halogens is 1. The first-order valence-corrected chi connectivity index (χ1v) is 5.80. The molecular formula is C10H21ClN2. The van der Waals surface area contributed by atoms with Gasteiger partial charge < -0.3 is 9.80 Å². The molecule has 1 heterocycles. The summed E-state index contributed by atoms with van der Waals surface area (Å²) in [5.74, 6) is 0.795. The minimum atomic E-state index is 0.754. The van der Waals surface area contributed by atoms with Crippen LogP contribution in [0.2, 0.25) is 0 Å². The summed E-state index contributed by atoms with van der Waals surface area (Å²) in [7, 11) is 2.23. The largest absolute Gasteiger partial charge is 0.301 e. The van der Waals surface area contributed by atoms with Gasteiger partial charge in [-0.1, -0.05) is 6.92 Å². The first kappa shape index (κ1) is 11.3. The van der Waals surface area contributed by atoms with Crippen molar-refractivity contribution in [1.82, 2.24) is 9.80 Å². The first-order chi connectivity index (χ1) is 6.27. The SMILES string of the molecule is CCC1CN(CCCCl)CCN1C. The van der Waals surface area contributed by atoms with Gasteiger partial charge in [0.05, 0.1) is 0 Å². The van der Waals surface area contributed by atoms with Crippen LogP contribution < -0.4 is 0 Å². The molecule has 3 heteroatoms. The van der Waals surface area contributed by atoms with Gasteiger partial charge in [0.2, 0.25) is 0 Å².